The van der Waals surface area contributed by atoms with Crippen LogP contribution < -0.4 is 19.5 Å². The molecular weight excluding hydrogens is 270 g/mol. The van der Waals surface area contributed by atoms with Crippen molar-refractivity contribution in [3.05, 3.63) is 36.4 Å². The van der Waals surface area contributed by atoms with Gasteiger partial charge in [-0.05, 0) is 6.07 Å². The molecule has 6 heteroatoms. The van der Waals surface area contributed by atoms with Crippen LogP contribution in [0.5, 0.6) is 17.2 Å². The lowest BCUT2D eigenvalue weighted by atomic mass is 10.1. The Hall–Kier alpha value is -2.21. The summed E-state index contributed by atoms with van der Waals surface area (Å²) in [6.07, 6.45) is 5.52. The summed E-state index contributed by atoms with van der Waals surface area (Å²) in [6.45, 7) is 2.40. The number of aromatic nitrogens is 2. The van der Waals surface area contributed by atoms with E-state index in [4.69, 9.17) is 14.2 Å². The van der Waals surface area contributed by atoms with Crippen LogP contribution in [0.15, 0.2) is 30.9 Å². The molecule has 0 bridgehead atoms. The first-order valence-electron chi connectivity index (χ1n) is 6.73. The lowest BCUT2D eigenvalue weighted by Crippen LogP contribution is -2.19. The molecule has 1 aromatic heterocycles. The SMILES string of the molecule is COc1cc(OC)c(OC)cc1CNCCn1ccnc1. The number of nitrogens with one attached hydrogen (secondary N) is 1. The maximum atomic E-state index is 5.40. The zero-order valence-corrected chi connectivity index (χ0v) is 12.6. The van der Waals surface area contributed by atoms with Gasteiger partial charge in [0.25, 0.3) is 0 Å². The van der Waals surface area contributed by atoms with Gasteiger partial charge in [-0.1, -0.05) is 0 Å². The number of hydrogen-bond donors (Lipinski definition) is 1. The predicted octanol–water partition coefficient (Wildman–Crippen LogP) is 1.70. The van der Waals surface area contributed by atoms with Crippen LogP contribution in [0.4, 0.5) is 0 Å². The van der Waals surface area contributed by atoms with Gasteiger partial charge in [-0.3, -0.25) is 0 Å². The zero-order chi connectivity index (χ0) is 15.1. The van der Waals surface area contributed by atoms with Gasteiger partial charge >= 0.3 is 0 Å². The van der Waals surface area contributed by atoms with Crippen molar-refractivity contribution >= 4 is 0 Å². The molecule has 1 aromatic carbocycles. The van der Waals surface area contributed by atoms with E-state index in [1.807, 2.05) is 22.9 Å². The van der Waals surface area contributed by atoms with Gasteiger partial charge in [-0.15, -0.1) is 0 Å². The Morgan fingerprint density at radius 1 is 1.05 bits per heavy atom. The van der Waals surface area contributed by atoms with Crippen molar-refractivity contribution in [1.82, 2.24) is 14.9 Å². The molecule has 0 atom stereocenters. The Labute approximate surface area is 124 Å². The normalized spacial score (nSPS) is 10.4. The van der Waals surface area contributed by atoms with E-state index in [-0.39, 0.29) is 0 Å². The van der Waals surface area contributed by atoms with Crippen molar-refractivity contribution in [2.75, 3.05) is 27.9 Å². The highest BCUT2D eigenvalue weighted by atomic mass is 16.5. The van der Waals surface area contributed by atoms with Crippen LogP contribution in [0.25, 0.3) is 0 Å². The number of nitrogens with zero attached hydrogens (tertiary/aromatic N) is 2. The molecular formula is C15H21N3O3. The van der Waals surface area contributed by atoms with Crippen LogP contribution in [-0.2, 0) is 13.1 Å². The molecule has 0 aliphatic rings. The van der Waals surface area contributed by atoms with E-state index >= 15 is 0 Å². The van der Waals surface area contributed by atoms with Crippen molar-refractivity contribution in [3.8, 4) is 17.2 Å². The summed E-state index contributed by atoms with van der Waals surface area (Å²) in [7, 11) is 4.89. The minimum absolute atomic E-state index is 0.663. The first-order valence-corrected chi connectivity index (χ1v) is 6.73. The third kappa shape index (κ3) is 3.88. The quantitative estimate of drug-likeness (QED) is 0.750. The fraction of sp³-hybridized carbons (Fsp3) is 0.400. The second kappa shape index (κ2) is 7.54. The van der Waals surface area contributed by atoms with E-state index in [2.05, 4.69) is 10.3 Å². The van der Waals surface area contributed by atoms with Gasteiger partial charge in [-0.25, -0.2) is 4.98 Å². The van der Waals surface area contributed by atoms with Crippen molar-refractivity contribution in [2.45, 2.75) is 13.1 Å². The van der Waals surface area contributed by atoms with Gasteiger partial charge in [0.05, 0.1) is 27.7 Å². The molecule has 0 amide bonds. The monoisotopic (exact) mass is 291 g/mol. The standard InChI is InChI=1S/C15H21N3O3/c1-19-13-9-15(21-3)14(20-2)8-12(13)10-16-4-6-18-7-5-17-11-18/h5,7-9,11,16H,4,6,10H2,1-3H3. The van der Waals surface area contributed by atoms with Gasteiger partial charge in [0.1, 0.15) is 5.75 Å². The Bertz CT molecular complexity index is 556. The Morgan fingerprint density at radius 2 is 1.76 bits per heavy atom. The summed E-state index contributed by atoms with van der Waals surface area (Å²) in [5, 5.41) is 3.38. The summed E-state index contributed by atoms with van der Waals surface area (Å²) < 4.78 is 18.0. The Morgan fingerprint density at radius 3 is 2.38 bits per heavy atom. The molecule has 1 N–H and O–H groups in total. The molecule has 2 aromatic rings. The van der Waals surface area contributed by atoms with E-state index in [1.54, 1.807) is 33.9 Å². The molecule has 2 rings (SSSR count). The number of hydrogen-bond acceptors (Lipinski definition) is 5. The van der Waals surface area contributed by atoms with E-state index in [9.17, 15) is 0 Å². The summed E-state index contributed by atoms with van der Waals surface area (Å²) in [4.78, 5) is 4.01. The summed E-state index contributed by atoms with van der Waals surface area (Å²) >= 11 is 0. The zero-order valence-electron chi connectivity index (χ0n) is 12.6. The summed E-state index contributed by atoms with van der Waals surface area (Å²) in [5.41, 5.74) is 1.03. The highest BCUT2D eigenvalue weighted by Crippen LogP contribution is 2.34. The lowest BCUT2D eigenvalue weighted by Gasteiger charge is -2.14. The smallest absolute Gasteiger partial charge is 0.164 e. The van der Waals surface area contributed by atoms with Gasteiger partial charge in [0.2, 0.25) is 0 Å². The van der Waals surface area contributed by atoms with E-state index in [0.717, 1.165) is 24.4 Å². The number of rotatable bonds is 8. The Kier molecular flexibility index (Phi) is 5.45. The van der Waals surface area contributed by atoms with Crippen molar-refractivity contribution < 1.29 is 14.2 Å². The molecule has 0 aliphatic carbocycles. The van der Waals surface area contributed by atoms with Gasteiger partial charge < -0.3 is 24.1 Å². The van der Waals surface area contributed by atoms with Crippen molar-refractivity contribution in [2.24, 2.45) is 0 Å². The highest BCUT2D eigenvalue weighted by Gasteiger charge is 2.11. The van der Waals surface area contributed by atoms with Crippen LogP contribution in [0, 0.1) is 0 Å². The van der Waals surface area contributed by atoms with Crippen LogP contribution in [0.3, 0.4) is 0 Å². The van der Waals surface area contributed by atoms with Gasteiger partial charge in [0.15, 0.2) is 11.5 Å². The average Bonchev–Trinajstić information content (AvgIpc) is 3.04. The lowest BCUT2D eigenvalue weighted by molar-refractivity contribution is 0.347. The summed E-state index contributed by atoms with van der Waals surface area (Å²) in [6, 6.07) is 3.77. The van der Waals surface area contributed by atoms with Gasteiger partial charge in [-0.2, -0.15) is 0 Å². The van der Waals surface area contributed by atoms with Crippen molar-refractivity contribution in [3.63, 3.8) is 0 Å². The van der Waals surface area contributed by atoms with E-state index < -0.39 is 0 Å². The first-order chi connectivity index (χ1) is 10.3. The number of imidazole rings is 1. The second-order valence-electron chi connectivity index (χ2n) is 4.50. The molecule has 114 valence electrons. The molecule has 0 spiro atoms. The third-order valence-electron chi connectivity index (χ3n) is 3.21. The predicted molar refractivity (Wildman–Crippen MR) is 80.0 cm³/mol. The van der Waals surface area contributed by atoms with Crippen LogP contribution in [-0.4, -0.2) is 37.4 Å². The minimum Gasteiger partial charge on any atom is -0.496 e. The first kappa shape index (κ1) is 15.2. The number of benzene rings is 1. The van der Waals surface area contributed by atoms with Crippen LogP contribution >= 0.6 is 0 Å². The molecule has 21 heavy (non-hydrogen) atoms. The van der Waals surface area contributed by atoms with Crippen LogP contribution in [0.1, 0.15) is 5.56 Å². The molecule has 0 saturated heterocycles. The maximum Gasteiger partial charge on any atom is 0.164 e. The largest absolute Gasteiger partial charge is 0.496 e. The molecule has 0 radical (unpaired) electrons. The molecule has 6 nitrogen and oxygen atoms in total. The highest BCUT2D eigenvalue weighted by molar-refractivity contribution is 5.50. The fourth-order valence-corrected chi connectivity index (χ4v) is 2.08. The van der Waals surface area contributed by atoms with Crippen LogP contribution in [0.2, 0.25) is 0 Å². The molecule has 1 heterocycles. The maximum absolute atomic E-state index is 5.40. The molecule has 0 fully saturated rings. The topological polar surface area (TPSA) is 57.5 Å². The molecule has 0 saturated carbocycles. The molecule has 0 aliphatic heterocycles. The van der Waals surface area contributed by atoms with Gasteiger partial charge in [0, 0.05) is 43.7 Å². The Balaban J connectivity index is 1.97. The van der Waals surface area contributed by atoms with Crippen molar-refractivity contribution in [1.29, 1.82) is 0 Å². The number of ether oxygens (including phenoxy) is 3. The van der Waals surface area contributed by atoms with E-state index in [0.29, 0.717) is 18.0 Å². The van der Waals surface area contributed by atoms with E-state index in [1.165, 1.54) is 0 Å². The average molecular weight is 291 g/mol. The number of methoxy groups -OCH3 is 3. The minimum atomic E-state index is 0.663. The fourth-order valence-electron chi connectivity index (χ4n) is 2.08. The third-order valence-corrected chi connectivity index (χ3v) is 3.21. The molecule has 0 unspecified atom stereocenters. The summed E-state index contributed by atoms with van der Waals surface area (Å²) in [5.74, 6) is 2.14. The second-order valence-corrected chi connectivity index (χ2v) is 4.50.